The third-order valence-corrected chi connectivity index (χ3v) is 8.79. The molecule has 0 aliphatic heterocycles. The van der Waals surface area contributed by atoms with E-state index in [-0.39, 0.29) is 81.5 Å². The van der Waals surface area contributed by atoms with Crippen molar-refractivity contribution < 1.29 is 92.7 Å². The van der Waals surface area contributed by atoms with Gasteiger partial charge in [-0.15, -0.1) is 0 Å². The number of ketones is 2. The van der Waals surface area contributed by atoms with Crippen LogP contribution in [0.3, 0.4) is 0 Å². The molecule has 5 nitrogen and oxygen atoms in total. The summed E-state index contributed by atoms with van der Waals surface area (Å²) in [5.41, 5.74) is -5.17. The van der Waals surface area contributed by atoms with Gasteiger partial charge in [0.25, 0.3) is 0 Å². The van der Waals surface area contributed by atoms with Crippen molar-refractivity contribution in [3.63, 3.8) is 0 Å². The Hall–Kier alpha value is 0.630. The zero-order chi connectivity index (χ0) is 20.7. The summed E-state index contributed by atoms with van der Waals surface area (Å²) in [6.07, 6.45) is 4.44. The minimum absolute atomic E-state index is 0. The van der Waals surface area contributed by atoms with E-state index in [2.05, 4.69) is 0 Å². The molecule has 8 atom stereocenters. The van der Waals surface area contributed by atoms with Crippen LogP contribution in [0.5, 0.6) is 0 Å². The first-order chi connectivity index (χ1) is 13.0. The molecule has 0 aromatic rings. The summed E-state index contributed by atoms with van der Waals surface area (Å²) in [7, 11) is 0. The Bertz CT molecular complexity index is 830. The van der Waals surface area contributed by atoms with Crippen molar-refractivity contribution in [2.45, 2.75) is 63.8 Å². The molecule has 0 aromatic heterocycles. The summed E-state index contributed by atoms with van der Waals surface area (Å²) in [5, 5.41) is 32.0. The number of alkyl halides is 1. The Kier molecular flexibility index (Phi) is 7.57. The molecule has 8 heteroatoms. The van der Waals surface area contributed by atoms with E-state index in [0.717, 1.165) is 0 Å². The first kappa shape index (κ1) is 26.9. The fraction of sp³-hybridized carbons (Fsp3) is 0.727. The topological polar surface area (TPSA) is 94.8 Å². The van der Waals surface area contributed by atoms with Crippen molar-refractivity contribution in [1.29, 1.82) is 0 Å². The average molecular weight is 442 g/mol. The van der Waals surface area contributed by atoms with Gasteiger partial charge in [0.15, 0.2) is 17.2 Å². The van der Waals surface area contributed by atoms with Crippen LogP contribution in [0.4, 0.5) is 4.39 Å². The molecule has 0 radical (unpaired) electrons. The number of carbonyl (C=O) groups excluding carboxylic acids is 2. The zero-order valence-corrected chi connectivity index (χ0v) is 22.6. The molecule has 0 aromatic carbocycles. The number of fused-ring (bicyclic) bond motifs is 5. The van der Waals surface area contributed by atoms with Crippen LogP contribution in [0.25, 0.3) is 0 Å². The number of carbonyl (C=O) groups is 2. The third kappa shape index (κ3) is 3.05. The number of rotatable bonds is 2. The predicted molar refractivity (Wildman–Crippen MR) is 104 cm³/mol. The Morgan fingerprint density at radius 1 is 1.33 bits per heavy atom. The minimum Gasteiger partial charge on any atom is -1.00 e. The predicted octanol–water partition coefficient (Wildman–Crippen LogP) is -3.63. The summed E-state index contributed by atoms with van der Waals surface area (Å²) in [5.74, 6) is -2.12. The molecular formula is C22H33FNa2O5. The Morgan fingerprint density at radius 2 is 1.97 bits per heavy atom. The Labute approximate surface area is 225 Å². The van der Waals surface area contributed by atoms with Gasteiger partial charge in [0.2, 0.25) is 0 Å². The summed E-state index contributed by atoms with van der Waals surface area (Å²) >= 11 is 0. The smallest absolute Gasteiger partial charge is 1.00 e. The van der Waals surface area contributed by atoms with Crippen molar-refractivity contribution in [2.75, 3.05) is 6.61 Å². The van der Waals surface area contributed by atoms with Crippen molar-refractivity contribution in [1.82, 2.24) is 0 Å². The van der Waals surface area contributed by atoms with Crippen molar-refractivity contribution in [3.8, 4) is 0 Å². The van der Waals surface area contributed by atoms with E-state index in [1.807, 2.05) is 0 Å². The van der Waals surface area contributed by atoms with E-state index in [9.17, 15) is 24.9 Å². The van der Waals surface area contributed by atoms with E-state index in [1.54, 1.807) is 26.8 Å². The maximum absolute atomic E-state index is 16.9. The first-order valence-electron chi connectivity index (χ1n) is 10.1. The second kappa shape index (κ2) is 8.44. The van der Waals surface area contributed by atoms with Crippen LogP contribution in [-0.2, 0) is 9.59 Å². The van der Waals surface area contributed by atoms with Crippen LogP contribution in [0.15, 0.2) is 23.8 Å². The van der Waals surface area contributed by atoms with Crippen molar-refractivity contribution >= 4 is 11.6 Å². The molecule has 30 heavy (non-hydrogen) atoms. The van der Waals surface area contributed by atoms with E-state index >= 15 is 4.39 Å². The van der Waals surface area contributed by atoms with Crippen LogP contribution < -0.4 is 59.1 Å². The standard InChI is InChI=1S/C22H29FO5.2Na.H2.2H/c1-12-8-16-15-5-4-13-9-14(25)6-7-19(13,2)21(15,23)17(26)10-20(16,3)22(12,28)18(27)11-24;;;;;/h6-7,9,12,15-17,24,26,28H,4-5,8,10-11H2,1-3H3;;;1H;;/q;2*+1;;2*-1/t12-,15+,16+,17+,19+,20+,21+,22+;;;;;/m1...../s1. The normalized spacial score (nSPS) is 49.0. The van der Waals surface area contributed by atoms with E-state index in [1.165, 1.54) is 12.2 Å². The number of aliphatic hydroxyl groups excluding tert-OH is 2. The van der Waals surface area contributed by atoms with Crippen LogP contribution >= 0.6 is 0 Å². The van der Waals surface area contributed by atoms with Crippen LogP contribution in [0, 0.1) is 28.6 Å². The van der Waals surface area contributed by atoms with Crippen LogP contribution in [0.1, 0.15) is 50.7 Å². The van der Waals surface area contributed by atoms with Gasteiger partial charge in [0, 0.05) is 18.2 Å². The van der Waals surface area contributed by atoms with E-state index in [4.69, 9.17) is 0 Å². The zero-order valence-electron chi connectivity index (χ0n) is 20.6. The fourth-order valence-electron chi connectivity index (χ4n) is 7.26. The molecule has 3 saturated carbocycles. The second-order valence-electron chi connectivity index (χ2n) is 9.75. The molecule has 4 aliphatic rings. The number of hydrogen-bond donors (Lipinski definition) is 3. The number of hydrogen-bond acceptors (Lipinski definition) is 5. The summed E-state index contributed by atoms with van der Waals surface area (Å²) in [6, 6.07) is 0. The number of aliphatic hydroxyl groups is 3. The molecule has 0 amide bonds. The molecule has 0 unspecified atom stereocenters. The van der Waals surface area contributed by atoms with Gasteiger partial charge in [-0.25, -0.2) is 4.39 Å². The van der Waals surface area contributed by atoms with E-state index in [0.29, 0.717) is 24.8 Å². The molecule has 160 valence electrons. The van der Waals surface area contributed by atoms with Crippen LogP contribution in [-0.4, -0.2) is 50.9 Å². The Morgan fingerprint density at radius 3 is 2.57 bits per heavy atom. The van der Waals surface area contributed by atoms with Crippen molar-refractivity contribution in [3.05, 3.63) is 23.8 Å². The average Bonchev–Trinajstić information content (AvgIpc) is 2.84. The third-order valence-electron chi connectivity index (χ3n) is 8.79. The molecule has 4 aliphatic carbocycles. The minimum atomic E-state index is -1.98. The van der Waals surface area contributed by atoms with Crippen LogP contribution in [0.2, 0.25) is 0 Å². The number of halogens is 1. The summed E-state index contributed by atoms with van der Waals surface area (Å²) in [4.78, 5) is 24.4. The second-order valence-corrected chi connectivity index (χ2v) is 9.75. The fourth-order valence-corrected chi connectivity index (χ4v) is 7.26. The van der Waals surface area contributed by atoms with Crippen molar-refractivity contribution in [2.24, 2.45) is 28.6 Å². The van der Waals surface area contributed by atoms with Gasteiger partial charge in [-0.05, 0) is 56.6 Å². The molecule has 3 fully saturated rings. The van der Waals surface area contributed by atoms with Gasteiger partial charge >= 0.3 is 59.1 Å². The Balaban J connectivity index is 0. The SMILES string of the molecule is C[C@@H]1C[C@H]2[C@@H]3CCC4=CC(=O)C=C[C@]4(C)[C@@]3(F)[C@@H](O)C[C@]2(C)[C@@]1(O)C(=O)CO.[H-].[H-].[HH].[Na+].[Na+]. The van der Waals surface area contributed by atoms with Gasteiger partial charge in [0.1, 0.15) is 12.2 Å². The molecule has 0 heterocycles. The summed E-state index contributed by atoms with van der Waals surface area (Å²) in [6.45, 7) is 4.48. The molecule has 0 saturated heterocycles. The molecule has 3 N–H and O–H groups in total. The van der Waals surface area contributed by atoms with Gasteiger partial charge < -0.3 is 18.2 Å². The monoisotopic (exact) mass is 442 g/mol. The maximum atomic E-state index is 16.9. The van der Waals surface area contributed by atoms with Gasteiger partial charge in [0.05, 0.1) is 6.10 Å². The largest absolute Gasteiger partial charge is 1.00 e. The molecule has 0 bridgehead atoms. The quantitative estimate of drug-likeness (QED) is 0.384. The molecule has 0 spiro atoms. The van der Waals surface area contributed by atoms with Gasteiger partial charge in [-0.1, -0.05) is 25.5 Å². The van der Waals surface area contributed by atoms with Gasteiger partial charge in [-0.3, -0.25) is 9.59 Å². The number of allylic oxidation sites excluding steroid dienone is 4. The first-order valence-corrected chi connectivity index (χ1v) is 10.1. The number of Topliss-reactive ketones (excluding diaryl/α,β-unsaturated/α-hetero) is 1. The molecule has 4 rings (SSSR count). The summed E-state index contributed by atoms with van der Waals surface area (Å²) < 4.78 is 16.9. The maximum Gasteiger partial charge on any atom is 1.00 e. The van der Waals surface area contributed by atoms with E-state index < -0.39 is 52.4 Å². The molecular weight excluding hydrogens is 409 g/mol. The van der Waals surface area contributed by atoms with Gasteiger partial charge in [-0.2, -0.15) is 0 Å².